The summed E-state index contributed by atoms with van der Waals surface area (Å²) in [5.41, 5.74) is 2.52. The number of rotatable bonds is 4. The zero-order valence-electron chi connectivity index (χ0n) is 14.1. The summed E-state index contributed by atoms with van der Waals surface area (Å²) in [6.45, 7) is 0.782. The van der Waals surface area contributed by atoms with Crippen molar-refractivity contribution in [1.82, 2.24) is 9.29 Å². The molecule has 0 radical (unpaired) electrons. The lowest BCUT2D eigenvalue weighted by atomic mass is 9.97. The SMILES string of the molecule is CS(=O)(=O)N1CCC(C(=O)Nc2ccc(-c3ccccc3)nc2)CC1. The molecule has 132 valence electrons. The Morgan fingerprint density at radius 2 is 1.80 bits per heavy atom. The molecular formula is C18H21N3O3S. The third-order valence-corrected chi connectivity index (χ3v) is 5.70. The average Bonchev–Trinajstić information content (AvgIpc) is 2.62. The van der Waals surface area contributed by atoms with Crippen LogP contribution in [0.25, 0.3) is 11.3 Å². The Morgan fingerprint density at radius 1 is 1.12 bits per heavy atom. The van der Waals surface area contributed by atoms with Gasteiger partial charge in [-0.2, -0.15) is 0 Å². The Bertz CT molecular complexity index is 828. The fraction of sp³-hybridized carbons (Fsp3) is 0.333. The van der Waals surface area contributed by atoms with Crippen molar-refractivity contribution in [1.29, 1.82) is 0 Å². The molecule has 0 bridgehead atoms. The Labute approximate surface area is 147 Å². The van der Waals surface area contributed by atoms with Gasteiger partial charge in [-0.05, 0) is 25.0 Å². The van der Waals surface area contributed by atoms with Crippen LogP contribution in [0.5, 0.6) is 0 Å². The highest BCUT2D eigenvalue weighted by atomic mass is 32.2. The van der Waals surface area contributed by atoms with Gasteiger partial charge < -0.3 is 5.32 Å². The molecule has 1 aromatic heterocycles. The average molecular weight is 359 g/mol. The summed E-state index contributed by atoms with van der Waals surface area (Å²) in [4.78, 5) is 16.8. The monoisotopic (exact) mass is 359 g/mol. The van der Waals surface area contributed by atoms with Gasteiger partial charge in [-0.15, -0.1) is 0 Å². The molecule has 0 unspecified atom stereocenters. The van der Waals surface area contributed by atoms with Gasteiger partial charge in [-0.1, -0.05) is 30.3 Å². The molecule has 0 spiro atoms. The van der Waals surface area contributed by atoms with E-state index in [1.165, 1.54) is 10.6 Å². The lowest BCUT2D eigenvalue weighted by Crippen LogP contribution is -2.40. The number of piperidine rings is 1. The molecule has 6 nitrogen and oxygen atoms in total. The largest absolute Gasteiger partial charge is 0.324 e. The number of hydrogen-bond acceptors (Lipinski definition) is 4. The molecule has 2 aromatic rings. The first-order chi connectivity index (χ1) is 11.9. The van der Waals surface area contributed by atoms with Crippen molar-refractivity contribution >= 4 is 21.6 Å². The summed E-state index contributed by atoms with van der Waals surface area (Å²) < 4.78 is 24.5. The quantitative estimate of drug-likeness (QED) is 0.909. The molecule has 1 N–H and O–H groups in total. The van der Waals surface area contributed by atoms with Gasteiger partial charge in [-0.25, -0.2) is 12.7 Å². The number of nitrogens with one attached hydrogen (secondary N) is 1. The van der Waals surface area contributed by atoms with Crippen molar-refractivity contribution in [3.05, 3.63) is 48.7 Å². The number of carbonyl (C=O) groups excluding carboxylic acids is 1. The van der Waals surface area contributed by atoms with Crippen molar-refractivity contribution in [2.24, 2.45) is 5.92 Å². The van der Waals surface area contributed by atoms with Gasteiger partial charge in [0.05, 0.1) is 23.8 Å². The van der Waals surface area contributed by atoms with E-state index in [9.17, 15) is 13.2 Å². The summed E-state index contributed by atoms with van der Waals surface area (Å²) in [6, 6.07) is 13.5. The second-order valence-corrected chi connectivity index (χ2v) is 8.21. The van der Waals surface area contributed by atoms with Crippen LogP contribution in [-0.4, -0.2) is 43.0 Å². The lowest BCUT2D eigenvalue weighted by molar-refractivity contribution is -0.120. The van der Waals surface area contributed by atoms with E-state index in [0.717, 1.165) is 11.3 Å². The van der Waals surface area contributed by atoms with Crippen LogP contribution < -0.4 is 5.32 Å². The molecule has 0 saturated carbocycles. The number of pyridine rings is 1. The van der Waals surface area contributed by atoms with E-state index in [4.69, 9.17) is 0 Å². The van der Waals surface area contributed by atoms with E-state index in [1.807, 2.05) is 42.5 Å². The van der Waals surface area contributed by atoms with Gasteiger partial charge in [0.25, 0.3) is 0 Å². The van der Waals surface area contributed by atoms with Gasteiger partial charge in [0.1, 0.15) is 0 Å². The number of amides is 1. The highest BCUT2D eigenvalue weighted by Crippen LogP contribution is 2.22. The van der Waals surface area contributed by atoms with E-state index in [0.29, 0.717) is 31.6 Å². The molecule has 1 aliphatic heterocycles. The highest BCUT2D eigenvalue weighted by Gasteiger charge is 2.28. The smallest absolute Gasteiger partial charge is 0.227 e. The number of benzene rings is 1. The molecule has 1 aromatic carbocycles. The molecule has 25 heavy (non-hydrogen) atoms. The summed E-state index contributed by atoms with van der Waals surface area (Å²) >= 11 is 0. The predicted molar refractivity (Wildman–Crippen MR) is 97.4 cm³/mol. The van der Waals surface area contributed by atoms with E-state index in [1.54, 1.807) is 6.20 Å². The van der Waals surface area contributed by atoms with E-state index >= 15 is 0 Å². The zero-order chi connectivity index (χ0) is 17.9. The first-order valence-corrected chi connectivity index (χ1v) is 10.1. The third kappa shape index (κ3) is 4.43. The Kier molecular flexibility index (Phi) is 5.15. The maximum Gasteiger partial charge on any atom is 0.227 e. The second-order valence-electron chi connectivity index (χ2n) is 6.22. The molecule has 1 fully saturated rings. The maximum absolute atomic E-state index is 12.4. The molecule has 1 aliphatic rings. The molecule has 0 atom stereocenters. The highest BCUT2D eigenvalue weighted by molar-refractivity contribution is 7.88. The van der Waals surface area contributed by atoms with Crippen LogP contribution in [0.1, 0.15) is 12.8 Å². The van der Waals surface area contributed by atoms with Crippen LogP contribution in [0.3, 0.4) is 0 Å². The van der Waals surface area contributed by atoms with E-state index < -0.39 is 10.0 Å². The topological polar surface area (TPSA) is 79.4 Å². The first-order valence-electron chi connectivity index (χ1n) is 8.21. The molecule has 2 heterocycles. The van der Waals surface area contributed by atoms with Crippen LogP contribution in [0, 0.1) is 5.92 Å². The summed E-state index contributed by atoms with van der Waals surface area (Å²) in [6.07, 6.45) is 3.92. The van der Waals surface area contributed by atoms with Crippen LogP contribution in [-0.2, 0) is 14.8 Å². The Morgan fingerprint density at radius 3 is 2.36 bits per heavy atom. The minimum Gasteiger partial charge on any atom is -0.324 e. The number of aromatic nitrogens is 1. The van der Waals surface area contributed by atoms with Crippen LogP contribution in [0.2, 0.25) is 0 Å². The van der Waals surface area contributed by atoms with Gasteiger partial charge in [0.15, 0.2) is 0 Å². The normalized spacial score (nSPS) is 16.5. The van der Waals surface area contributed by atoms with Gasteiger partial charge in [-0.3, -0.25) is 9.78 Å². The molecule has 1 amide bonds. The molecular weight excluding hydrogens is 338 g/mol. The zero-order valence-corrected chi connectivity index (χ0v) is 14.9. The van der Waals surface area contributed by atoms with Gasteiger partial charge >= 0.3 is 0 Å². The maximum atomic E-state index is 12.4. The fourth-order valence-corrected chi connectivity index (χ4v) is 3.82. The fourth-order valence-electron chi connectivity index (χ4n) is 2.94. The summed E-state index contributed by atoms with van der Waals surface area (Å²) in [5.74, 6) is -0.255. The lowest BCUT2D eigenvalue weighted by Gasteiger charge is -2.29. The van der Waals surface area contributed by atoms with Crippen molar-refractivity contribution in [2.75, 3.05) is 24.7 Å². The second kappa shape index (κ2) is 7.33. The molecule has 7 heteroatoms. The van der Waals surface area contributed by atoms with Gasteiger partial charge in [0, 0.05) is 24.6 Å². The summed E-state index contributed by atoms with van der Waals surface area (Å²) in [5, 5.41) is 2.87. The Hall–Kier alpha value is -2.25. The number of anilines is 1. The van der Waals surface area contributed by atoms with Crippen LogP contribution >= 0.6 is 0 Å². The van der Waals surface area contributed by atoms with Crippen molar-refractivity contribution < 1.29 is 13.2 Å². The first kappa shape index (κ1) is 17.6. The Balaban J connectivity index is 1.59. The predicted octanol–water partition coefficient (Wildman–Crippen LogP) is 2.36. The number of carbonyl (C=O) groups is 1. The minimum absolute atomic E-state index is 0.0811. The van der Waals surface area contributed by atoms with Crippen LogP contribution in [0.15, 0.2) is 48.7 Å². The van der Waals surface area contributed by atoms with Crippen molar-refractivity contribution in [3.63, 3.8) is 0 Å². The molecule has 0 aliphatic carbocycles. The summed E-state index contributed by atoms with van der Waals surface area (Å²) in [7, 11) is -3.17. The molecule has 1 saturated heterocycles. The van der Waals surface area contributed by atoms with Crippen molar-refractivity contribution in [3.8, 4) is 11.3 Å². The third-order valence-electron chi connectivity index (χ3n) is 4.39. The molecule has 3 rings (SSSR count). The van der Waals surface area contributed by atoms with E-state index in [2.05, 4.69) is 10.3 Å². The van der Waals surface area contributed by atoms with E-state index in [-0.39, 0.29) is 11.8 Å². The van der Waals surface area contributed by atoms with Gasteiger partial charge in [0.2, 0.25) is 15.9 Å². The minimum atomic E-state index is -3.17. The number of hydrogen-bond donors (Lipinski definition) is 1. The van der Waals surface area contributed by atoms with Crippen LogP contribution in [0.4, 0.5) is 5.69 Å². The standard InChI is InChI=1S/C18H21N3O3S/c1-25(23,24)21-11-9-15(10-12-21)18(22)20-16-7-8-17(19-13-16)14-5-3-2-4-6-14/h2-8,13,15H,9-12H2,1H3,(H,20,22). The van der Waals surface area contributed by atoms with Crippen molar-refractivity contribution in [2.45, 2.75) is 12.8 Å². The number of sulfonamides is 1. The number of nitrogens with zero attached hydrogens (tertiary/aromatic N) is 2.